The zero-order valence-electron chi connectivity index (χ0n) is 14.1. The largest absolute Gasteiger partial charge is 0.380 e. The van der Waals surface area contributed by atoms with Gasteiger partial charge in [-0.15, -0.1) is 0 Å². The highest BCUT2D eigenvalue weighted by Crippen LogP contribution is 2.34. The summed E-state index contributed by atoms with van der Waals surface area (Å²) in [5.41, 5.74) is 1.57. The first-order valence-electron chi connectivity index (χ1n) is 8.02. The van der Waals surface area contributed by atoms with Crippen LogP contribution in [0.25, 0.3) is 0 Å². The van der Waals surface area contributed by atoms with E-state index in [1.165, 1.54) is 5.56 Å². The fourth-order valence-corrected chi connectivity index (χ4v) is 3.12. The van der Waals surface area contributed by atoms with Crippen molar-refractivity contribution in [2.45, 2.75) is 51.3 Å². The summed E-state index contributed by atoms with van der Waals surface area (Å²) in [6.07, 6.45) is 1.38. The number of nitrogens with one attached hydrogen (secondary N) is 1. The molecule has 3 atom stereocenters. The van der Waals surface area contributed by atoms with E-state index in [0.29, 0.717) is 0 Å². The predicted molar refractivity (Wildman–Crippen MR) is 88.5 cm³/mol. The van der Waals surface area contributed by atoms with Crippen LogP contribution in [-0.2, 0) is 10.3 Å². The van der Waals surface area contributed by atoms with Crippen LogP contribution in [0, 0.1) is 0 Å². The lowest BCUT2D eigenvalue weighted by Crippen LogP contribution is -2.67. The number of rotatable bonds is 5. The number of benzene rings is 1. The van der Waals surface area contributed by atoms with Gasteiger partial charge in [-0.2, -0.15) is 0 Å². The Kier molecular flexibility index (Phi) is 5.07. The molecule has 1 aromatic rings. The molecule has 0 spiro atoms. The van der Waals surface area contributed by atoms with E-state index >= 15 is 0 Å². The molecule has 1 aromatic carbocycles. The summed E-state index contributed by atoms with van der Waals surface area (Å²) in [4.78, 5) is 2.59. The Morgan fingerprint density at radius 1 is 1.29 bits per heavy atom. The summed E-state index contributed by atoms with van der Waals surface area (Å²) in [6, 6.07) is 10.8. The summed E-state index contributed by atoms with van der Waals surface area (Å²) in [5.74, 6) is 0. The summed E-state index contributed by atoms with van der Waals surface area (Å²) >= 11 is 0. The lowest BCUT2D eigenvalue weighted by molar-refractivity contribution is -0.0219. The fourth-order valence-electron chi connectivity index (χ4n) is 3.12. The number of methoxy groups -OCH3 is 1. The van der Waals surface area contributed by atoms with Crippen molar-refractivity contribution in [2.24, 2.45) is 0 Å². The minimum Gasteiger partial charge on any atom is -0.380 e. The average molecular weight is 290 g/mol. The first kappa shape index (κ1) is 16.5. The van der Waals surface area contributed by atoms with Crippen molar-refractivity contribution in [3.63, 3.8) is 0 Å². The summed E-state index contributed by atoms with van der Waals surface area (Å²) in [5, 5.41) is 3.77. The smallest absolute Gasteiger partial charge is 0.0670 e. The number of nitrogens with zero attached hydrogens (tertiary/aromatic N) is 1. The van der Waals surface area contributed by atoms with Crippen LogP contribution in [0.2, 0.25) is 0 Å². The van der Waals surface area contributed by atoms with Gasteiger partial charge in [0.1, 0.15) is 0 Å². The van der Waals surface area contributed by atoms with E-state index in [-0.39, 0.29) is 17.2 Å². The number of piperazine rings is 1. The second-order valence-electron chi connectivity index (χ2n) is 6.83. The predicted octanol–water partition coefficient (Wildman–Crippen LogP) is 3.01. The minimum atomic E-state index is 0.0166. The van der Waals surface area contributed by atoms with Gasteiger partial charge in [0.05, 0.1) is 11.6 Å². The summed E-state index contributed by atoms with van der Waals surface area (Å²) in [6.45, 7) is 12.0. The van der Waals surface area contributed by atoms with Crippen LogP contribution in [0.15, 0.2) is 30.3 Å². The van der Waals surface area contributed by atoms with Crippen molar-refractivity contribution in [1.82, 2.24) is 10.2 Å². The van der Waals surface area contributed by atoms with Crippen LogP contribution in [0.4, 0.5) is 0 Å². The molecule has 118 valence electrons. The van der Waals surface area contributed by atoms with E-state index in [2.05, 4.69) is 68.2 Å². The van der Waals surface area contributed by atoms with Gasteiger partial charge < -0.3 is 10.1 Å². The molecule has 1 heterocycles. The van der Waals surface area contributed by atoms with E-state index in [4.69, 9.17) is 4.74 Å². The second kappa shape index (κ2) is 6.47. The lowest BCUT2D eigenvalue weighted by Gasteiger charge is -2.53. The van der Waals surface area contributed by atoms with Gasteiger partial charge >= 0.3 is 0 Å². The molecule has 3 nitrogen and oxygen atoms in total. The molecule has 1 aliphatic rings. The molecule has 3 heteroatoms. The van der Waals surface area contributed by atoms with Crippen molar-refractivity contribution in [1.29, 1.82) is 0 Å². The Hall–Kier alpha value is -0.900. The maximum Gasteiger partial charge on any atom is 0.0670 e. The highest BCUT2D eigenvalue weighted by atomic mass is 16.5. The molecule has 0 aromatic heterocycles. The molecule has 0 radical (unpaired) electrons. The van der Waals surface area contributed by atoms with E-state index in [1.54, 1.807) is 7.11 Å². The van der Waals surface area contributed by atoms with Crippen LogP contribution in [0.1, 0.15) is 39.7 Å². The molecule has 2 rings (SSSR count). The van der Waals surface area contributed by atoms with Crippen LogP contribution in [0.3, 0.4) is 0 Å². The van der Waals surface area contributed by atoms with Crippen LogP contribution in [0.5, 0.6) is 0 Å². The minimum absolute atomic E-state index is 0.0166. The van der Waals surface area contributed by atoms with Gasteiger partial charge in [-0.25, -0.2) is 0 Å². The normalized spacial score (nSPS) is 32.0. The standard InChI is InChI=1S/C18H30N2O/c1-6-17(3)14-20(12-15(2)21-5)18(4,13-19-17)16-10-8-7-9-11-16/h7-11,15,19H,6,12-14H2,1-5H3. The van der Waals surface area contributed by atoms with E-state index in [0.717, 1.165) is 26.1 Å². The quantitative estimate of drug-likeness (QED) is 0.902. The molecule has 0 amide bonds. The number of ether oxygens (including phenoxy) is 1. The van der Waals surface area contributed by atoms with Crippen molar-refractivity contribution < 1.29 is 4.74 Å². The van der Waals surface area contributed by atoms with Crippen LogP contribution in [-0.4, -0.2) is 43.3 Å². The van der Waals surface area contributed by atoms with Crippen LogP contribution < -0.4 is 5.32 Å². The van der Waals surface area contributed by atoms with E-state index in [9.17, 15) is 0 Å². The Balaban J connectivity index is 2.29. The molecule has 3 unspecified atom stereocenters. The molecule has 0 aliphatic carbocycles. The van der Waals surface area contributed by atoms with Crippen molar-refractivity contribution in [3.8, 4) is 0 Å². The van der Waals surface area contributed by atoms with Crippen LogP contribution >= 0.6 is 0 Å². The third-order valence-electron chi connectivity index (χ3n) is 5.15. The number of hydrogen-bond donors (Lipinski definition) is 1. The third kappa shape index (κ3) is 3.47. The zero-order chi connectivity index (χ0) is 15.5. The summed E-state index contributed by atoms with van der Waals surface area (Å²) in [7, 11) is 1.80. The molecule has 21 heavy (non-hydrogen) atoms. The lowest BCUT2D eigenvalue weighted by atomic mass is 9.82. The van der Waals surface area contributed by atoms with Gasteiger partial charge in [0.25, 0.3) is 0 Å². The van der Waals surface area contributed by atoms with E-state index in [1.807, 2.05) is 0 Å². The Morgan fingerprint density at radius 3 is 2.52 bits per heavy atom. The van der Waals surface area contributed by atoms with Gasteiger partial charge in [-0.1, -0.05) is 37.3 Å². The topological polar surface area (TPSA) is 24.5 Å². The zero-order valence-corrected chi connectivity index (χ0v) is 14.1. The van der Waals surface area contributed by atoms with Gasteiger partial charge in [-0.05, 0) is 32.8 Å². The fraction of sp³-hybridized carbons (Fsp3) is 0.667. The molecular weight excluding hydrogens is 260 g/mol. The molecule has 0 bridgehead atoms. The van der Waals surface area contributed by atoms with Gasteiger partial charge in [0, 0.05) is 32.3 Å². The van der Waals surface area contributed by atoms with Crippen molar-refractivity contribution in [3.05, 3.63) is 35.9 Å². The Morgan fingerprint density at radius 2 is 1.95 bits per heavy atom. The highest BCUT2D eigenvalue weighted by molar-refractivity contribution is 5.26. The number of hydrogen-bond acceptors (Lipinski definition) is 3. The van der Waals surface area contributed by atoms with Gasteiger partial charge in [0.2, 0.25) is 0 Å². The van der Waals surface area contributed by atoms with Gasteiger partial charge in [0.15, 0.2) is 0 Å². The molecule has 1 N–H and O–H groups in total. The van der Waals surface area contributed by atoms with Crippen molar-refractivity contribution in [2.75, 3.05) is 26.7 Å². The first-order chi connectivity index (χ1) is 9.93. The van der Waals surface area contributed by atoms with E-state index < -0.39 is 0 Å². The molecule has 0 saturated carbocycles. The SMILES string of the molecule is CCC1(C)CN(CC(C)OC)C(C)(c2ccccc2)CN1. The molecule has 1 aliphatic heterocycles. The Labute approximate surface area is 129 Å². The van der Waals surface area contributed by atoms with Gasteiger partial charge in [-0.3, -0.25) is 4.90 Å². The second-order valence-corrected chi connectivity index (χ2v) is 6.83. The first-order valence-corrected chi connectivity index (χ1v) is 8.02. The molecular formula is C18H30N2O. The third-order valence-corrected chi connectivity index (χ3v) is 5.15. The maximum absolute atomic E-state index is 5.52. The average Bonchev–Trinajstić information content (AvgIpc) is 2.52. The monoisotopic (exact) mass is 290 g/mol. The molecule has 1 saturated heterocycles. The summed E-state index contributed by atoms with van der Waals surface area (Å²) < 4.78 is 5.52. The Bertz CT molecular complexity index is 450. The molecule has 1 fully saturated rings. The van der Waals surface area contributed by atoms with Crippen molar-refractivity contribution >= 4 is 0 Å². The maximum atomic E-state index is 5.52. The highest BCUT2D eigenvalue weighted by Gasteiger charge is 2.43.